The maximum atomic E-state index is 12.5. The lowest BCUT2D eigenvalue weighted by Gasteiger charge is -2.18. The molecule has 7 nitrogen and oxygen atoms in total. The molecule has 2 heterocycles. The topological polar surface area (TPSA) is 96.6 Å². The predicted molar refractivity (Wildman–Crippen MR) is 86.5 cm³/mol. The van der Waals surface area contributed by atoms with Gasteiger partial charge in [-0.15, -0.1) is 10.2 Å². The van der Waals surface area contributed by atoms with E-state index in [1.807, 2.05) is 30.3 Å². The smallest absolute Gasteiger partial charge is 0.303 e. The van der Waals surface area contributed by atoms with Crippen molar-refractivity contribution in [2.75, 3.05) is 0 Å². The summed E-state index contributed by atoms with van der Waals surface area (Å²) in [5.74, 6) is -1.17. The summed E-state index contributed by atoms with van der Waals surface area (Å²) in [7, 11) is 0. The largest absolute Gasteiger partial charge is 0.481 e. The first-order valence-corrected chi connectivity index (χ1v) is 7.50. The molecule has 0 saturated heterocycles. The van der Waals surface area contributed by atoms with Crippen LogP contribution in [-0.2, 0) is 4.79 Å². The highest BCUT2D eigenvalue weighted by molar-refractivity contribution is 5.94. The van der Waals surface area contributed by atoms with Crippen molar-refractivity contribution in [2.24, 2.45) is 0 Å². The zero-order valence-corrected chi connectivity index (χ0v) is 12.8. The van der Waals surface area contributed by atoms with Crippen LogP contribution in [0.5, 0.6) is 0 Å². The summed E-state index contributed by atoms with van der Waals surface area (Å²) in [6, 6.07) is 12.3. The molecule has 0 saturated carbocycles. The fourth-order valence-electron chi connectivity index (χ4n) is 2.48. The second-order valence-corrected chi connectivity index (χ2v) is 5.38. The Hall–Kier alpha value is -3.22. The zero-order chi connectivity index (χ0) is 16.9. The van der Waals surface area contributed by atoms with Gasteiger partial charge in [-0.25, -0.2) is 0 Å². The van der Waals surface area contributed by atoms with Crippen molar-refractivity contribution in [3.63, 3.8) is 0 Å². The molecule has 0 aliphatic rings. The van der Waals surface area contributed by atoms with Crippen molar-refractivity contribution in [2.45, 2.75) is 18.9 Å². The van der Waals surface area contributed by atoms with E-state index in [0.29, 0.717) is 17.6 Å². The minimum atomic E-state index is -0.893. The number of rotatable bonds is 6. The average Bonchev–Trinajstić information content (AvgIpc) is 3.06. The van der Waals surface area contributed by atoms with Gasteiger partial charge in [0.2, 0.25) is 0 Å². The number of nitrogens with one attached hydrogen (secondary N) is 1. The van der Waals surface area contributed by atoms with Crippen LogP contribution >= 0.6 is 0 Å². The summed E-state index contributed by atoms with van der Waals surface area (Å²) >= 11 is 0. The number of benzene rings is 1. The standard InChI is InChI=1S/C17H16N4O3/c22-16(23)9-7-14(12-4-2-1-3-5-12)19-17(24)13-6-8-15-20-18-11-21(15)10-13/h1-6,8,10-11,14H,7,9H2,(H,19,24)(H,22,23). The SMILES string of the molecule is O=C(O)CCC(NC(=O)c1ccc2nncn2c1)c1ccccc1. The maximum Gasteiger partial charge on any atom is 0.303 e. The number of carbonyl (C=O) groups excluding carboxylic acids is 1. The molecular weight excluding hydrogens is 308 g/mol. The van der Waals surface area contributed by atoms with Crippen LogP contribution in [0.2, 0.25) is 0 Å². The van der Waals surface area contributed by atoms with Gasteiger partial charge in [-0.3, -0.25) is 14.0 Å². The number of aromatic nitrogens is 3. The monoisotopic (exact) mass is 324 g/mol. The van der Waals surface area contributed by atoms with Crippen LogP contribution in [0, 0.1) is 0 Å². The molecule has 0 aliphatic carbocycles. The first-order valence-electron chi connectivity index (χ1n) is 7.50. The first-order chi connectivity index (χ1) is 11.6. The lowest BCUT2D eigenvalue weighted by molar-refractivity contribution is -0.137. The van der Waals surface area contributed by atoms with Gasteiger partial charge in [0, 0.05) is 12.6 Å². The molecule has 122 valence electrons. The van der Waals surface area contributed by atoms with Gasteiger partial charge in [0.1, 0.15) is 6.33 Å². The molecule has 1 unspecified atom stereocenters. The third kappa shape index (κ3) is 3.57. The summed E-state index contributed by atoms with van der Waals surface area (Å²) in [6.07, 6.45) is 3.46. The molecule has 0 aliphatic heterocycles. The minimum Gasteiger partial charge on any atom is -0.481 e. The van der Waals surface area contributed by atoms with E-state index in [1.165, 1.54) is 6.33 Å². The molecule has 7 heteroatoms. The molecule has 2 N–H and O–H groups in total. The number of carboxylic acids is 1. The van der Waals surface area contributed by atoms with Crippen LogP contribution < -0.4 is 5.32 Å². The Kier molecular flexibility index (Phi) is 4.51. The van der Waals surface area contributed by atoms with Gasteiger partial charge >= 0.3 is 5.97 Å². The number of aliphatic carboxylic acids is 1. The van der Waals surface area contributed by atoms with E-state index in [4.69, 9.17) is 5.11 Å². The van der Waals surface area contributed by atoms with Gasteiger partial charge < -0.3 is 10.4 Å². The van der Waals surface area contributed by atoms with Gasteiger partial charge in [0.05, 0.1) is 11.6 Å². The highest BCUT2D eigenvalue weighted by atomic mass is 16.4. The molecule has 3 rings (SSSR count). The number of hydrogen-bond donors (Lipinski definition) is 2. The van der Waals surface area contributed by atoms with Crippen LogP contribution in [0.25, 0.3) is 5.65 Å². The molecular formula is C17H16N4O3. The number of fused-ring (bicyclic) bond motifs is 1. The fourth-order valence-corrected chi connectivity index (χ4v) is 2.48. The fraction of sp³-hybridized carbons (Fsp3) is 0.176. The molecule has 1 aromatic carbocycles. The van der Waals surface area contributed by atoms with E-state index >= 15 is 0 Å². The lowest BCUT2D eigenvalue weighted by atomic mass is 10.0. The Bertz CT molecular complexity index is 860. The first kappa shape index (κ1) is 15.7. The molecule has 0 fully saturated rings. The van der Waals surface area contributed by atoms with E-state index in [0.717, 1.165) is 5.56 Å². The summed E-state index contributed by atoms with van der Waals surface area (Å²) in [5.41, 5.74) is 1.98. The molecule has 1 atom stereocenters. The Labute approximate surface area is 138 Å². The van der Waals surface area contributed by atoms with Crippen molar-refractivity contribution in [1.29, 1.82) is 0 Å². The number of carbonyl (C=O) groups is 2. The number of hydrogen-bond acceptors (Lipinski definition) is 4. The van der Waals surface area contributed by atoms with Crippen molar-refractivity contribution in [1.82, 2.24) is 19.9 Å². The van der Waals surface area contributed by atoms with E-state index in [-0.39, 0.29) is 18.4 Å². The van der Waals surface area contributed by atoms with E-state index < -0.39 is 5.97 Å². The molecule has 24 heavy (non-hydrogen) atoms. The van der Waals surface area contributed by atoms with Crippen molar-refractivity contribution in [3.8, 4) is 0 Å². The Morgan fingerprint density at radius 2 is 1.96 bits per heavy atom. The highest BCUT2D eigenvalue weighted by Crippen LogP contribution is 2.19. The van der Waals surface area contributed by atoms with Gasteiger partial charge in [0.15, 0.2) is 5.65 Å². The van der Waals surface area contributed by atoms with E-state index in [2.05, 4.69) is 15.5 Å². The van der Waals surface area contributed by atoms with Crippen LogP contribution in [0.1, 0.15) is 34.8 Å². The van der Waals surface area contributed by atoms with Crippen LogP contribution in [0.3, 0.4) is 0 Å². The second-order valence-electron chi connectivity index (χ2n) is 5.38. The van der Waals surface area contributed by atoms with E-state index in [9.17, 15) is 9.59 Å². The maximum absolute atomic E-state index is 12.5. The zero-order valence-electron chi connectivity index (χ0n) is 12.8. The summed E-state index contributed by atoms with van der Waals surface area (Å²) in [4.78, 5) is 23.4. The lowest BCUT2D eigenvalue weighted by Crippen LogP contribution is -2.29. The molecule has 0 radical (unpaired) electrons. The number of pyridine rings is 1. The number of nitrogens with zero attached hydrogens (tertiary/aromatic N) is 3. The predicted octanol–water partition coefficient (Wildman–Crippen LogP) is 2.07. The van der Waals surface area contributed by atoms with Crippen molar-refractivity contribution in [3.05, 3.63) is 66.1 Å². The summed E-state index contributed by atoms with van der Waals surface area (Å²) < 4.78 is 1.66. The normalized spacial score (nSPS) is 12.0. The molecule has 0 spiro atoms. The van der Waals surface area contributed by atoms with Crippen LogP contribution in [0.15, 0.2) is 55.0 Å². The minimum absolute atomic E-state index is 0.0235. The third-order valence-corrected chi connectivity index (χ3v) is 3.71. The summed E-state index contributed by atoms with van der Waals surface area (Å²) in [5, 5.41) is 19.5. The van der Waals surface area contributed by atoms with Gasteiger partial charge in [-0.1, -0.05) is 30.3 Å². The second kappa shape index (κ2) is 6.91. The van der Waals surface area contributed by atoms with Gasteiger partial charge in [-0.05, 0) is 24.1 Å². The molecule has 1 amide bonds. The molecule has 3 aromatic rings. The quantitative estimate of drug-likeness (QED) is 0.723. The van der Waals surface area contributed by atoms with E-state index in [1.54, 1.807) is 22.7 Å². The number of carboxylic acid groups (broad SMARTS) is 1. The third-order valence-electron chi connectivity index (χ3n) is 3.71. The van der Waals surface area contributed by atoms with Crippen molar-refractivity contribution < 1.29 is 14.7 Å². The van der Waals surface area contributed by atoms with Crippen LogP contribution in [-0.4, -0.2) is 31.6 Å². The Morgan fingerprint density at radius 3 is 2.71 bits per heavy atom. The number of amides is 1. The van der Waals surface area contributed by atoms with Crippen LogP contribution in [0.4, 0.5) is 0 Å². The molecule has 2 aromatic heterocycles. The van der Waals surface area contributed by atoms with Gasteiger partial charge in [0.25, 0.3) is 5.91 Å². The van der Waals surface area contributed by atoms with Crippen molar-refractivity contribution >= 4 is 17.5 Å². The summed E-state index contributed by atoms with van der Waals surface area (Å²) in [6.45, 7) is 0. The highest BCUT2D eigenvalue weighted by Gasteiger charge is 2.17. The Morgan fingerprint density at radius 1 is 1.17 bits per heavy atom. The molecule has 0 bridgehead atoms. The Balaban J connectivity index is 1.80. The average molecular weight is 324 g/mol. The van der Waals surface area contributed by atoms with Gasteiger partial charge in [-0.2, -0.15) is 0 Å².